The fourth-order valence-electron chi connectivity index (χ4n) is 2.29. The first-order valence-corrected chi connectivity index (χ1v) is 7.53. The average molecular weight is 290 g/mol. The van der Waals surface area contributed by atoms with E-state index in [4.69, 9.17) is 0 Å². The van der Waals surface area contributed by atoms with Crippen molar-refractivity contribution in [2.75, 3.05) is 6.54 Å². The summed E-state index contributed by atoms with van der Waals surface area (Å²) in [6.07, 6.45) is 5.28. The standard InChI is InChI=1S/C16H23FN4/c1-4-12(3)21-10-8-13(20-21)11-15(18-5-2)16-14(17)7-6-9-19-16/h6-10,12,15,18H,4-5,11H2,1-3H3. The number of likely N-dealkylation sites (N-methyl/N-ethyl adjacent to an activating group) is 1. The van der Waals surface area contributed by atoms with Gasteiger partial charge in [-0.3, -0.25) is 9.67 Å². The van der Waals surface area contributed by atoms with Gasteiger partial charge in [-0.15, -0.1) is 0 Å². The van der Waals surface area contributed by atoms with Gasteiger partial charge < -0.3 is 5.32 Å². The van der Waals surface area contributed by atoms with Crippen molar-refractivity contribution in [1.82, 2.24) is 20.1 Å². The minimum atomic E-state index is -0.273. The number of nitrogens with one attached hydrogen (secondary N) is 1. The normalized spacial score (nSPS) is 14.1. The molecule has 5 heteroatoms. The van der Waals surface area contributed by atoms with Crippen molar-refractivity contribution >= 4 is 0 Å². The number of pyridine rings is 1. The molecule has 0 fully saturated rings. The van der Waals surface area contributed by atoms with Crippen LogP contribution in [-0.4, -0.2) is 21.3 Å². The van der Waals surface area contributed by atoms with Crippen LogP contribution in [0.1, 0.15) is 50.7 Å². The molecule has 2 rings (SSSR count). The second-order valence-corrected chi connectivity index (χ2v) is 5.23. The van der Waals surface area contributed by atoms with Crippen molar-refractivity contribution in [2.45, 2.75) is 45.7 Å². The molecular weight excluding hydrogens is 267 g/mol. The van der Waals surface area contributed by atoms with Crippen molar-refractivity contribution in [2.24, 2.45) is 0 Å². The Morgan fingerprint density at radius 1 is 1.33 bits per heavy atom. The van der Waals surface area contributed by atoms with E-state index < -0.39 is 0 Å². The molecule has 2 atom stereocenters. The highest BCUT2D eigenvalue weighted by atomic mass is 19.1. The fraction of sp³-hybridized carbons (Fsp3) is 0.500. The molecule has 2 aromatic heterocycles. The zero-order chi connectivity index (χ0) is 15.2. The molecule has 2 unspecified atom stereocenters. The van der Waals surface area contributed by atoms with Gasteiger partial charge in [0.25, 0.3) is 0 Å². The van der Waals surface area contributed by atoms with Crippen molar-refractivity contribution in [3.05, 3.63) is 47.8 Å². The van der Waals surface area contributed by atoms with Crippen LogP contribution in [0.5, 0.6) is 0 Å². The minimum absolute atomic E-state index is 0.156. The minimum Gasteiger partial charge on any atom is -0.308 e. The monoisotopic (exact) mass is 290 g/mol. The van der Waals surface area contributed by atoms with Gasteiger partial charge in [0.15, 0.2) is 0 Å². The highest BCUT2D eigenvalue weighted by Crippen LogP contribution is 2.19. The van der Waals surface area contributed by atoms with E-state index >= 15 is 0 Å². The molecule has 0 bridgehead atoms. The van der Waals surface area contributed by atoms with Crippen molar-refractivity contribution < 1.29 is 4.39 Å². The predicted molar refractivity (Wildman–Crippen MR) is 81.5 cm³/mol. The molecule has 0 aliphatic rings. The lowest BCUT2D eigenvalue weighted by Gasteiger charge is -2.17. The first-order chi connectivity index (χ1) is 10.2. The third-order valence-corrected chi connectivity index (χ3v) is 3.69. The second kappa shape index (κ2) is 7.31. The molecule has 0 radical (unpaired) electrons. The Bertz CT molecular complexity index is 567. The molecule has 4 nitrogen and oxygen atoms in total. The third-order valence-electron chi connectivity index (χ3n) is 3.69. The Labute approximate surface area is 125 Å². The number of aromatic nitrogens is 3. The van der Waals surface area contributed by atoms with Crippen molar-refractivity contribution in [3.8, 4) is 0 Å². The molecule has 0 aromatic carbocycles. The summed E-state index contributed by atoms with van der Waals surface area (Å²) in [6, 6.07) is 5.28. The molecular formula is C16H23FN4. The molecule has 21 heavy (non-hydrogen) atoms. The molecule has 114 valence electrons. The van der Waals surface area contributed by atoms with Crippen molar-refractivity contribution in [1.29, 1.82) is 0 Å². The van der Waals surface area contributed by atoms with Crippen molar-refractivity contribution in [3.63, 3.8) is 0 Å². The first kappa shape index (κ1) is 15.6. The predicted octanol–water partition coefficient (Wildman–Crippen LogP) is 3.28. The third kappa shape index (κ3) is 3.88. The highest BCUT2D eigenvalue weighted by Gasteiger charge is 2.18. The van der Waals surface area contributed by atoms with Crippen LogP contribution >= 0.6 is 0 Å². The maximum absolute atomic E-state index is 13.9. The van der Waals surface area contributed by atoms with E-state index in [0.29, 0.717) is 18.2 Å². The maximum Gasteiger partial charge on any atom is 0.146 e. The van der Waals surface area contributed by atoms with Gasteiger partial charge in [-0.2, -0.15) is 5.10 Å². The Kier molecular flexibility index (Phi) is 5.44. The van der Waals surface area contributed by atoms with E-state index in [1.165, 1.54) is 6.07 Å². The van der Waals surface area contributed by atoms with Gasteiger partial charge in [-0.25, -0.2) is 4.39 Å². The zero-order valence-electron chi connectivity index (χ0n) is 12.9. The molecule has 0 saturated carbocycles. The lowest BCUT2D eigenvalue weighted by atomic mass is 10.1. The molecule has 2 heterocycles. The summed E-state index contributed by atoms with van der Waals surface area (Å²) in [4.78, 5) is 4.18. The molecule has 0 aliphatic heterocycles. The topological polar surface area (TPSA) is 42.7 Å². The summed E-state index contributed by atoms with van der Waals surface area (Å²) in [5.41, 5.74) is 1.41. The quantitative estimate of drug-likeness (QED) is 0.851. The molecule has 0 saturated heterocycles. The first-order valence-electron chi connectivity index (χ1n) is 7.53. The molecule has 2 aromatic rings. The number of hydrogen-bond donors (Lipinski definition) is 1. The van der Waals surface area contributed by atoms with E-state index in [0.717, 1.165) is 18.7 Å². The lowest BCUT2D eigenvalue weighted by molar-refractivity contribution is 0.460. The lowest BCUT2D eigenvalue weighted by Crippen LogP contribution is -2.25. The summed E-state index contributed by atoms with van der Waals surface area (Å²) in [5.74, 6) is -0.273. The number of nitrogens with zero attached hydrogens (tertiary/aromatic N) is 3. The van der Waals surface area contributed by atoms with Crippen LogP contribution in [0.25, 0.3) is 0 Å². The van der Waals surface area contributed by atoms with Gasteiger partial charge in [0, 0.05) is 24.9 Å². The van der Waals surface area contributed by atoms with E-state index in [1.54, 1.807) is 12.3 Å². The largest absolute Gasteiger partial charge is 0.308 e. The Morgan fingerprint density at radius 2 is 2.14 bits per heavy atom. The van der Waals surface area contributed by atoms with E-state index in [9.17, 15) is 4.39 Å². The van der Waals surface area contributed by atoms with E-state index in [1.807, 2.05) is 23.9 Å². The number of hydrogen-bond acceptors (Lipinski definition) is 3. The molecule has 1 N–H and O–H groups in total. The van der Waals surface area contributed by atoms with Crippen LogP contribution in [0.15, 0.2) is 30.6 Å². The summed E-state index contributed by atoms with van der Waals surface area (Å²) in [7, 11) is 0. The van der Waals surface area contributed by atoms with Gasteiger partial charge in [-0.1, -0.05) is 13.8 Å². The van der Waals surface area contributed by atoms with Gasteiger partial charge in [0.1, 0.15) is 5.82 Å². The molecule has 0 spiro atoms. The van der Waals surface area contributed by atoms with Gasteiger partial charge in [-0.05, 0) is 38.1 Å². The van der Waals surface area contributed by atoms with Crippen LogP contribution in [-0.2, 0) is 6.42 Å². The van der Waals surface area contributed by atoms with Crippen LogP contribution < -0.4 is 5.32 Å². The SMILES string of the molecule is CCNC(Cc1ccn(C(C)CC)n1)c1ncccc1F. The summed E-state index contributed by atoms with van der Waals surface area (Å²) in [6.45, 7) is 7.03. The second-order valence-electron chi connectivity index (χ2n) is 5.23. The van der Waals surface area contributed by atoms with Crippen LogP contribution in [0, 0.1) is 5.82 Å². The highest BCUT2D eigenvalue weighted by molar-refractivity contribution is 5.15. The van der Waals surface area contributed by atoms with Crippen LogP contribution in [0.2, 0.25) is 0 Å². The summed E-state index contributed by atoms with van der Waals surface area (Å²) >= 11 is 0. The van der Waals surface area contributed by atoms with Gasteiger partial charge in [0.2, 0.25) is 0 Å². The fourth-order valence-corrected chi connectivity index (χ4v) is 2.29. The smallest absolute Gasteiger partial charge is 0.146 e. The number of rotatable bonds is 7. The summed E-state index contributed by atoms with van der Waals surface area (Å²) in [5, 5.41) is 7.87. The van der Waals surface area contributed by atoms with E-state index in [2.05, 4.69) is 29.2 Å². The van der Waals surface area contributed by atoms with Crippen LogP contribution in [0.4, 0.5) is 4.39 Å². The Hall–Kier alpha value is -1.75. The maximum atomic E-state index is 13.9. The summed E-state index contributed by atoms with van der Waals surface area (Å²) < 4.78 is 15.9. The van der Waals surface area contributed by atoms with E-state index in [-0.39, 0.29) is 11.9 Å². The van der Waals surface area contributed by atoms with Gasteiger partial charge >= 0.3 is 0 Å². The average Bonchev–Trinajstić information content (AvgIpc) is 2.95. The molecule has 0 amide bonds. The van der Waals surface area contributed by atoms with Gasteiger partial charge in [0.05, 0.1) is 17.4 Å². The zero-order valence-corrected chi connectivity index (χ0v) is 12.9. The Balaban J connectivity index is 2.17. The van der Waals surface area contributed by atoms with Crippen LogP contribution in [0.3, 0.4) is 0 Å². The Morgan fingerprint density at radius 3 is 2.81 bits per heavy atom. The number of halogens is 1. The molecule has 0 aliphatic carbocycles.